The number of fused-ring (bicyclic) bond motifs is 2. The number of rotatable bonds is 2. The average molecular weight is 345 g/mol. The number of anilines is 1. The van der Waals surface area contributed by atoms with Crippen molar-refractivity contribution in [3.8, 4) is 22.3 Å². The van der Waals surface area contributed by atoms with Crippen LogP contribution in [0.25, 0.3) is 43.8 Å². The molecular weight excluding hydrogens is 326 g/mol. The highest BCUT2D eigenvalue weighted by Gasteiger charge is 2.09. The molecule has 5 aromatic rings. The molecule has 0 atom stereocenters. The summed E-state index contributed by atoms with van der Waals surface area (Å²) in [5.41, 5.74) is 11.5. The second-order valence-electron chi connectivity index (χ2n) is 6.89. The van der Waals surface area contributed by atoms with Crippen LogP contribution in [-0.4, -0.2) is 0 Å². The highest BCUT2D eigenvalue weighted by atomic mass is 14.5. The van der Waals surface area contributed by atoms with Gasteiger partial charge in [0.05, 0.1) is 0 Å². The van der Waals surface area contributed by atoms with Crippen LogP contribution in [-0.2, 0) is 0 Å². The summed E-state index contributed by atoms with van der Waals surface area (Å²) in [6.45, 7) is 0. The van der Waals surface area contributed by atoms with Crippen molar-refractivity contribution in [2.75, 3.05) is 5.73 Å². The van der Waals surface area contributed by atoms with Gasteiger partial charge in [-0.15, -0.1) is 0 Å². The van der Waals surface area contributed by atoms with Gasteiger partial charge in [-0.1, -0.05) is 84.9 Å². The normalized spacial score (nSPS) is 11.1. The van der Waals surface area contributed by atoms with Crippen LogP contribution in [0.3, 0.4) is 0 Å². The lowest BCUT2D eigenvalue weighted by Gasteiger charge is -2.13. The van der Waals surface area contributed by atoms with E-state index in [1.165, 1.54) is 43.8 Å². The van der Waals surface area contributed by atoms with Gasteiger partial charge < -0.3 is 5.73 Å². The monoisotopic (exact) mass is 345 g/mol. The van der Waals surface area contributed by atoms with E-state index in [4.69, 9.17) is 5.73 Å². The molecule has 5 aromatic carbocycles. The summed E-state index contributed by atoms with van der Waals surface area (Å²) >= 11 is 0. The van der Waals surface area contributed by atoms with E-state index in [0.717, 1.165) is 5.69 Å². The lowest BCUT2D eigenvalue weighted by molar-refractivity contribution is 1.61. The molecule has 0 saturated carbocycles. The Labute approximate surface area is 158 Å². The van der Waals surface area contributed by atoms with Gasteiger partial charge in [-0.3, -0.25) is 0 Å². The van der Waals surface area contributed by atoms with Crippen molar-refractivity contribution in [1.82, 2.24) is 0 Å². The first kappa shape index (κ1) is 15.7. The third-order valence-electron chi connectivity index (χ3n) is 5.19. The van der Waals surface area contributed by atoms with Crippen molar-refractivity contribution in [3.63, 3.8) is 0 Å². The van der Waals surface area contributed by atoms with Crippen LogP contribution in [0.4, 0.5) is 5.69 Å². The van der Waals surface area contributed by atoms with Crippen molar-refractivity contribution in [3.05, 3.63) is 103 Å². The predicted molar refractivity (Wildman–Crippen MR) is 117 cm³/mol. The predicted octanol–water partition coefficient (Wildman–Crippen LogP) is 6.91. The zero-order chi connectivity index (χ0) is 18.2. The summed E-state index contributed by atoms with van der Waals surface area (Å²) in [7, 11) is 0. The number of nitrogen functional groups attached to an aromatic ring is 1. The molecule has 0 aliphatic heterocycles. The molecule has 1 nitrogen and oxygen atoms in total. The second kappa shape index (κ2) is 6.30. The van der Waals surface area contributed by atoms with E-state index < -0.39 is 0 Å². The fourth-order valence-corrected chi connectivity index (χ4v) is 3.83. The first-order valence-corrected chi connectivity index (χ1v) is 9.16. The molecule has 0 heterocycles. The molecular formula is C26H19N. The number of nitrogens with two attached hydrogens (primary N) is 1. The summed E-state index contributed by atoms with van der Waals surface area (Å²) in [4.78, 5) is 0. The molecule has 0 bridgehead atoms. The Morgan fingerprint density at radius 2 is 0.889 bits per heavy atom. The van der Waals surface area contributed by atoms with Crippen LogP contribution in [0, 0.1) is 0 Å². The molecule has 0 unspecified atom stereocenters. The number of hydrogen-bond donors (Lipinski definition) is 1. The Bertz CT molecular complexity index is 1200. The maximum atomic E-state index is 5.81. The zero-order valence-corrected chi connectivity index (χ0v) is 14.9. The fraction of sp³-hybridized carbons (Fsp3) is 0. The summed E-state index contributed by atoms with van der Waals surface area (Å²) < 4.78 is 0. The summed E-state index contributed by atoms with van der Waals surface area (Å²) in [6, 6.07) is 36.4. The van der Waals surface area contributed by atoms with Crippen molar-refractivity contribution < 1.29 is 0 Å². The van der Waals surface area contributed by atoms with Gasteiger partial charge in [-0.2, -0.15) is 0 Å². The van der Waals surface area contributed by atoms with Gasteiger partial charge in [0.15, 0.2) is 0 Å². The Hall–Kier alpha value is -3.58. The molecule has 0 aliphatic carbocycles. The minimum absolute atomic E-state index is 0.789. The zero-order valence-electron chi connectivity index (χ0n) is 14.9. The van der Waals surface area contributed by atoms with Gasteiger partial charge in [-0.05, 0) is 62.0 Å². The minimum atomic E-state index is 0.789. The smallest absolute Gasteiger partial charge is 0.0314 e. The van der Waals surface area contributed by atoms with E-state index >= 15 is 0 Å². The number of hydrogen-bond acceptors (Lipinski definition) is 1. The van der Waals surface area contributed by atoms with E-state index in [2.05, 4.69) is 91.0 Å². The maximum absolute atomic E-state index is 5.81. The van der Waals surface area contributed by atoms with Gasteiger partial charge in [0.25, 0.3) is 0 Å². The van der Waals surface area contributed by atoms with E-state index in [9.17, 15) is 0 Å². The Morgan fingerprint density at radius 1 is 0.444 bits per heavy atom. The molecule has 128 valence electrons. The summed E-state index contributed by atoms with van der Waals surface area (Å²) in [5, 5.41) is 5.12. The Balaban J connectivity index is 1.71. The molecule has 27 heavy (non-hydrogen) atoms. The van der Waals surface area contributed by atoms with E-state index in [0.29, 0.717) is 0 Å². The van der Waals surface area contributed by atoms with Crippen LogP contribution in [0.2, 0.25) is 0 Å². The summed E-state index contributed by atoms with van der Waals surface area (Å²) in [5.74, 6) is 0. The third-order valence-corrected chi connectivity index (χ3v) is 5.19. The highest BCUT2D eigenvalue weighted by molar-refractivity contribution is 6.12. The van der Waals surface area contributed by atoms with Crippen molar-refractivity contribution >= 4 is 27.2 Å². The molecule has 2 N–H and O–H groups in total. The molecule has 0 amide bonds. The quantitative estimate of drug-likeness (QED) is 0.273. The van der Waals surface area contributed by atoms with E-state index in [-0.39, 0.29) is 0 Å². The van der Waals surface area contributed by atoms with Crippen LogP contribution in [0.1, 0.15) is 0 Å². The van der Waals surface area contributed by atoms with Crippen molar-refractivity contribution in [2.45, 2.75) is 0 Å². The average Bonchev–Trinajstić information content (AvgIpc) is 2.73. The van der Waals surface area contributed by atoms with Gasteiger partial charge in [0.1, 0.15) is 0 Å². The number of benzene rings is 5. The molecule has 0 aromatic heterocycles. The maximum Gasteiger partial charge on any atom is 0.0314 e. The van der Waals surface area contributed by atoms with Crippen molar-refractivity contribution in [2.24, 2.45) is 0 Å². The second-order valence-corrected chi connectivity index (χ2v) is 6.89. The molecule has 0 spiro atoms. The Kier molecular flexibility index (Phi) is 3.65. The fourth-order valence-electron chi connectivity index (χ4n) is 3.83. The molecule has 0 radical (unpaired) electrons. The SMILES string of the molecule is Nc1ccc(-c2ccc(-c3c4ccccc4cc4ccccc34)cc2)cc1. The van der Waals surface area contributed by atoms with Crippen LogP contribution in [0.5, 0.6) is 0 Å². The minimum Gasteiger partial charge on any atom is -0.399 e. The lowest BCUT2D eigenvalue weighted by atomic mass is 9.91. The molecule has 0 saturated heterocycles. The molecule has 0 aliphatic rings. The highest BCUT2D eigenvalue weighted by Crippen LogP contribution is 2.37. The molecule has 5 rings (SSSR count). The van der Waals surface area contributed by atoms with Crippen molar-refractivity contribution in [1.29, 1.82) is 0 Å². The first-order valence-electron chi connectivity index (χ1n) is 9.16. The first-order chi connectivity index (χ1) is 13.3. The van der Waals surface area contributed by atoms with E-state index in [1.807, 2.05) is 12.1 Å². The van der Waals surface area contributed by atoms with Crippen LogP contribution < -0.4 is 5.73 Å². The standard InChI is InChI=1S/C26H19N/c27-23-15-13-19(14-16-23)18-9-11-20(12-10-18)26-24-7-3-1-5-21(24)17-22-6-2-4-8-25(22)26/h1-17H,27H2. The topological polar surface area (TPSA) is 26.0 Å². The van der Waals surface area contributed by atoms with Gasteiger partial charge in [-0.25, -0.2) is 0 Å². The van der Waals surface area contributed by atoms with Gasteiger partial charge >= 0.3 is 0 Å². The Morgan fingerprint density at radius 3 is 1.44 bits per heavy atom. The van der Waals surface area contributed by atoms with Gasteiger partial charge in [0.2, 0.25) is 0 Å². The van der Waals surface area contributed by atoms with Gasteiger partial charge in [0, 0.05) is 5.69 Å². The summed E-state index contributed by atoms with van der Waals surface area (Å²) in [6.07, 6.45) is 0. The van der Waals surface area contributed by atoms with Crippen LogP contribution in [0.15, 0.2) is 103 Å². The molecule has 1 heteroatoms. The third kappa shape index (κ3) is 2.74. The molecule has 0 fully saturated rings. The van der Waals surface area contributed by atoms with E-state index in [1.54, 1.807) is 0 Å². The van der Waals surface area contributed by atoms with Crippen LogP contribution >= 0.6 is 0 Å². The largest absolute Gasteiger partial charge is 0.399 e. The lowest BCUT2D eigenvalue weighted by Crippen LogP contribution is -1.87.